The summed E-state index contributed by atoms with van der Waals surface area (Å²) >= 11 is 5.93. The molecule has 0 aliphatic carbocycles. The Hall–Kier alpha value is -2.47. The zero-order valence-electron chi connectivity index (χ0n) is 9.49. The van der Waals surface area contributed by atoms with Gasteiger partial charge in [0, 0.05) is 6.20 Å². The van der Waals surface area contributed by atoms with Gasteiger partial charge in [-0.2, -0.15) is 4.68 Å². The molecule has 0 aliphatic rings. The van der Waals surface area contributed by atoms with Gasteiger partial charge in [0.25, 0.3) is 0 Å². The van der Waals surface area contributed by atoms with Crippen LogP contribution in [-0.2, 0) is 0 Å². The molecule has 0 radical (unpaired) electrons. The van der Waals surface area contributed by atoms with Gasteiger partial charge in [0.05, 0.1) is 16.3 Å². The lowest BCUT2D eigenvalue weighted by molar-refractivity contribution is 0.0697. The van der Waals surface area contributed by atoms with Gasteiger partial charge >= 0.3 is 5.97 Å². The molecule has 94 valence electrons. The van der Waals surface area contributed by atoms with Crippen LogP contribution in [0.3, 0.4) is 0 Å². The molecule has 0 spiro atoms. The van der Waals surface area contributed by atoms with Crippen molar-refractivity contribution in [3.8, 4) is 5.69 Å². The van der Waals surface area contributed by atoms with Crippen LogP contribution in [-0.4, -0.2) is 31.1 Å². The Balaban J connectivity index is 2.17. The van der Waals surface area contributed by atoms with Crippen LogP contribution in [0.25, 0.3) is 16.9 Å². The molecule has 0 amide bonds. The summed E-state index contributed by atoms with van der Waals surface area (Å²) in [5, 5.41) is 17.0. The SMILES string of the molecule is O=C(O)c1ccc(-n2nnc3cccnc32)cc1Cl. The van der Waals surface area contributed by atoms with Crippen LogP contribution in [0, 0.1) is 0 Å². The molecule has 0 atom stereocenters. The molecule has 3 rings (SSSR count). The summed E-state index contributed by atoms with van der Waals surface area (Å²) in [6, 6.07) is 8.11. The molecule has 2 heterocycles. The molecule has 2 aromatic heterocycles. The highest BCUT2D eigenvalue weighted by Crippen LogP contribution is 2.21. The molecule has 0 unspecified atom stereocenters. The summed E-state index contributed by atoms with van der Waals surface area (Å²) in [5.74, 6) is -1.07. The van der Waals surface area contributed by atoms with Gasteiger partial charge in [-0.25, -0.2) is 9.78 Å². The molecule has 1 N–H and O–H groups in total. The minimum Gasteiger partial charge on any atom is -0.478 e. The van der Waals surface area contributed by atoms with Crippen molar-refractivity contribution in [3.05, 3.63) is 47.1 Å². The van der Waals surface area contributed by atoms with Crippen molar-refractivity contribution in [2.24, 2.45) is 0 Å². The highest BCUT2D eigenvalue weighted by atomic mass is 35.5. The second-order valence-electron chi connectivity index (χ2n) is 3.82. The smallest absolute Gasteiger partial charge is 0.337 e. The largest absolute Gasteiger partial charge is 0.478 e. The number of benzene rings is 1. The van der Waals surface area contributed by atoms with Gasteiger partial charge < -0.3 is 5.11 Å². The van der Waals surface area contributed by atoms with E-state index in [4.69, 9.17) is 16.7 Å². The van der Waals surface area contributed by atoms with E-state index in [-0.39, 0.29) is 10.6 Å². The molecular formula is C12H7ClN4O2. The van der Waals surface area contributed by atoms with Crippen molar-refractivity contribution >= 4 is 28.7 Å². The fourth-order valence-corrected chi connectivity index (χ4v) is 2.00. The van der Waals surface area contributed by atoms with Crippen molar-refractivity contribution in [1.82, 2.24) is 20.0 Å². The minimum absolute atomic E-state index is 0.0443. The maximum Gasteiger partial charge on any atom is 0.337 e. The fraction of sp³-hybridized carbons (Fsp3) is 0. The number of halogens is 1. The van der Waals surface area contributed by atoms with Crippen molar-refractivity contribution in [2.45, 2.75) is 0 Å². The monoisotopic (exact) mass is 274 g/mol. The third-order valence-electron chi connectivity index (χ3n) is 2.64. The van der Waals surface area contributed by atoms with Crippen molar-refractivity contribution in [3.63, 3.8) is 0 Å². The number of rotatable bonds is 2. The quantitative estimate of drug-likeness (QED) is 0.774. The van der Waals surface area contributed by atoms with Crippen molar-refractivity contribution < 1.29 is 9.90 Å². The Kier molecular flexibility index (Phi) is 2.64. The van der Waals surface area contributed by atoms with Gasteiger partial charge in [-0.1, -0.05) is 16.8 Å². The van der Waals surface area contributed by atoms with Gasteiger partial charge in [0.15, 0.2) is 5.65 Å². The molecule has 3 aromatic rings. The summed E-state index contributed by atoms with van der Waals surface area (Å²) in [4.78, 5) is 15.1. The standard InChI is InChI=1S/C12H7ClN4O2/c13-9-6-7(3-4-8(9)12(18)19)17-11-10(15-16-17)2-1-5-14-11/h1-6H,(H,18,19). The third-order valence-corrected chi connectivity index (χ3v) is 2.95. The van der Waals surface area contributed by atoms with E-state index >= 15 is 0 Å². The van der Waals surface area contributed by atoms with Crippen LogP contribution >= 0.6 is 11.6 Å². The predicted octanol–water partition coefficient (Wildman–Crippen LogP) is 2.17. The number of nitrogens with zero attached hydrogens (tertiary/aromatic N) is 4. The maximum atomic E-state index is 10.9. The van der Waals surface area contributed by atoms with Crippen LogP contribution in [0.4, 0.5) is 0 Å². The first kappa shape index (κ1) is 11.6. The Bertz CT molecular complexity index is 784. The van der Waals surface area contributed by atoms with E-state index in [1.54, 1.807) is 24.4 Å². The van der Waals surface area contributed by atoms with Gasteiger partial charge in [-0.15, -0.1) is 5.10 Å². The summed E-state index contributed by atoms with van der Waals surface area (Å²) in [5.41, 5.74) is 1.89. The average Bonchev–Trinajstić information content (AvgIpc) is 2.82. The van der Waals surface area contributed by atoms with Gasteiger partial charge in [0.1, 0.15) is 5.52 Å². The van der Waals surface area contributed by atoms with Crippen LogP contribution in [0.15, 0.2) is 36.5 Å². The Morgan fingerprint density at radius 1 is 1.32 bits per heavy atom. The van der Waals surface area contributed by atoms with E-state index in [9.17, 15) is 4.79 Å². The third kappa shape index (κ3) is 1.92. The zero-order chi connectivity index (χ0) is 13.4. The minimum atomic E-state index is -1.07. The molecule has 0 saturated carbocycles. The molecule has 0 aliphatic heterocycles. The van der Waals surface area contributed by atoms with Crippen molar-refractivity contribution in [1.29, 1.82) is 0 Å². The number of carboxylic acids is 1. The molecule has 0 bridgehead atoms. The summed E-state index contributed by atoms with van der Waals surface area (Å²) in [6.45, 7) is 0. The van der Waals surface area contributed by atoms with E-state index in [2.05, 4.69) is 15.3 Å². The molecular weight excluding hydrogens is 268 g/mol. The van der Waals surface area contributed by atoms with Crippen LogP contribution in [0.1, 0.15) is 10.4 Å². The number of carbonyl (C=O) groups is 1. The number of fused-ring (bicyclic) bond motifs is 1. The molecule has 0 fully saturated rings. The summed E-state index contributed by atoms with van der Waals surface area (Å²) in [6.07, 6.45) is 1.63. The second-order valence-corrected chi connectivity index (χ2v) is 4.22. The molecule has 7 heteroatoms. The Morgan fingerprint density at radius 3 is 2.89 bits per heavy atom. The highest BCUT2D eigenvalue weighted by Gasteiger charge is 2.12. The van der Waals surface area contributed by atoms with E-state index < -0.39 is 5.97 Å². The zero-order valence-corrected chi connectivity index (χ0v) is 10.2. The molecule has 19 heavy (non-hydrogen) atoms. The van der Waals surface area contributed by atoms with Gasteiger partial charge in [-0.3, -0.25) is 0 Å². The number of aromatic nitrogens is 4. The Morgan fingerprint density at radius 2 is 2.16 bits per heavy atom. The first-order valence-electron chi connectivity index (χ1n) is 5.36. The van der Waals surface area contributed by atoms with Crippen LogP contribution in [0.2, 0.25) is 5.02 Å². The number of carboxylic acid groups (broad SMARTS) is 1. The summed E-state index contributed by atoms with van der Waals surface area (Å²) < 4.78 is 1.51. The second kappa shape index (κ2) is 4.33. The Labute approximate surface area is 112 Å². The number of hydrogen-bond acceptors (Lipinski definition) is 4. The lowest BCUT2D eigenvalue weighted by Gasteiger charge is -2.04. The van der Waals surface area contributed by atoms with E-state index in [1.807, 2.05) is 0 Å². The molecule has 6 nitrogen and oxygen atoms in total. The normalized spacial score (nSPS) is 10.8. The van der Waals surface area contributed by atoms with E-state index in [1.165, 1.54) is 16.8 Å². The topological polar surface area (TPSA) is 80.9 Å². The number of aromatic carboxylic acids is 1. The number of pyridine rings is 1. The van der Waals surface area contributed by atoms with Gasteiger partial charge in [0.2, 0.25) is 0 Å². The predicted molar refractivity (Wildman–Crippen MR) is 68.6 cm³/mol. The van der Waals surface area contributed by atoms with Gasteiger partial charge in [-0.05, 0) is 30.3 Å². The van der Waals surface area contributed by atoms with E-state index in [0.717, 1.165) is 0 Å². The lowest BCUT2D eigenvalue weighted by Crippen LogP contribution is -2.01. The average molecular weight is 275 g/mol. The summed E-state index contributed by atoms with van der Waals surface area (Å²) in [7, 11) is 0. The maximum absolute atomic E-state index is 10.9. The number of hydrogen-bond donors (Lipinski definition) is 1. The van der Waals surface area contributed by atoms with Crippen LogP contribution < -0.4 is 0 Å². The fourth-order valence-electron chi connectivity index (χ4n) is 1.75. The van der Waals surface area contributed by atoms with E-state index in [0.29, 0.717) is 16.9 Å². The highest BCUT2D eigenvalue weighted by molar-refractivity contribution is 6.33. The van der Waals surface area contributed by atoms with Crippen LogP contribution in [0.5, 0.6) is 0 Å². The first-order chi connectivity index (χ1) is 9.16. The van der Waals surface area contributed by atoms with Crippen molar-refractivity contribution in [2.75, 3.05) is 0 Å². The lowest BCUT2D eigenvalue weighted by atomic mass is 10.2. The molecule has 1 aromatic carbocycles. The first-order valence-corrected chi connectivity index (χ1v) is 5.74. The molecule has 0 saturated heterocycles.